The standard InChI is InChI=1S/C23H25N3O6S/c1-16-6-11-19(33(28,29)26-17-7-9-18(31-3)10-8-17)15-20(16)22(27)25-21-5-4-12-24-23(21)32-14-13-30-2/h4-12,15,26H,13-14H2,1-3H3,(H,25,27). The molecule has 9 nitrogen and oxygen atoms in total. The fourth-order valence-electron chi connectivity index (χ4n) is 2.90. The highest BCUT2D eigenvalue weighted by Gasteiger charge is 2.19. The molecule has 1 heterocycles. The molecule has 0 bridgehead atoms. The van der Waals surface area contributed by atoms with Crippen LogP contribution >= 0.6 is 0 Å². The average Bonchev–Trinajstić information content (AvgIpc) is 2.80. The third-order valence-corrected chi connectivity index (χ3v) is 6.03. The summed E-state index contributed by atoms with van der Waals surface area (Å²) in [6, 6.07) is 14.1. The van der Waals surface area contributed by atoms with Gasteiger partial charge in [-0.05, 0) is 61.0 Å². The summed E-state index contributed by atoms with van der Waals surface area (Å²) in [7, 11) is -0.844. The van der Waals surface area contributed by atoms with E-state index in [1.165, 1.54) is 19.2 Å². The topological polar surface area (TPSA) is 116 Å². The van der Waals surface area contributed by atoms with Crippen molar-refractivity contribution in [2.45, 2.75) is 11.8 Å². The van der Waals surface area contributed by atoms with Crippen molar-refractivity contribution in [1.82, 2.24) is 4.98 Å². The monoisotopic (exact) mass is 471 g/mol. The van der Waals surface area contributed by atoms with E-state index in [4.69, 9.17) is 14.2 Å². The van der Waals surface area contributed by atoms with Crippen LogP contribution in [0.2, 0.25) is 0 Å². The van der Waals surface area contributed by atoms with Gasteiger partial charge in [-0.1, -0.05) is 6.07 Å². The maximum Gasteiger partial charge on any atom is 0.261 e. The second-order valence-corrected chi connectivity index (χ2v) is 8.64. The van der Waals surface area contributed by atoms with Gasteiger partial charge < -0.3 is 19.5 Å². The molecular formula is C23H25N3O6S. The molecule has 0 spiro atoms. The van der Waals surface area contributed by atoms with Gasteiger partial charge in [0, 0.05) is 24.6 Å². The number of nitrogens with one attached hydrogen (secondary N) is 2. The molecular weight excluding hydrogens is 446 g/mol. The molecule has 0 aliphatic rings. The van der Waals surface area contributed by atoms with E-state index >= 15 is 0 Å². The van der Waals surface area contributed by atoms with Crippen LogP contribution in [0.25, 0.3) is 0 Å². The minimum absolute atomic E-state index is 0.0446. The molecule has 0 saturated heterocycles. The quantitative estimate of drug-likeness (QED) is 0.435. The number of hydrogen-bond donors (Lipinski definition) is 2. The first kappa shape index (κ1) is 24.0. The third-order valence-electron chi connectivity index (χ3n) is 4.65. The van der Waals surface area contributed by atoms with Crippen LogP contribution in [-0.2, 0) is 14.8 Å². The SMILES string of the molecule is COCCOc1ncccc1NC(=O)c1cc(S(=O)(=O)Nc2ccc(OC)cc2)ccc1C. The Morgan fingerprint density at radius 1 is 1.03 bits per heavy atom. The van der Waals surface area contributed by atoms with Gasteiger partial charge in [0.15, 0.2) is 0 Å². The van der Waals surface area contributed by atoms with Gasteiger partial charge in [0.2, 0.25) is 5.88 Å². The molecule has 0 fully saturated rings. The molecule has 1 aromatic heterocycles. The molecule has 2 aromatic carbocycles. The Hall–Kier alpha value is -3.63. The molecule has 0 atom stereocenters. The van der Waals surface area contributed by atoms with Crippen LogP contribution in [0.4, 0.5) is 11.4 Å². The Balaban J connectivity index is 1.81. The minimum Gasteiger partial charge on any atom is -0.497 e. The van der Waals surface area contributed by atoms with Crippen molar-refractivity contribution in [3.63, 3.8) is 0 Å². The summed E-state index contributed by atoms with van der Waals surface area (Å²) in [5.74, 6) is 0.359. The van der Waals surface area contributed by atoms with E-state index < -0.39 is 15.9 Å². The summed E-state index contributed by atoms with van der Waals surface area (Å²) in [6.07, 6.45) is 1.54. The van der Waals surface area contributed by atoms with Gasteiger partial charge in [-0.3, -0.25) is 9.52 Å². The number of ether oxygens (including phenoxy) is 3. The average molecular weight is 472 g/mol. The number of carbonyl (C=O) groups excluding carboxylic acids is 1. The predicted octanol–water partition coefficient (Wildman–Crippen LogP) is 3.48. The van der Waals surface area contributed by atoms with Crippen LogP contribution in [0.15, 0.2) is 65.7 Å². The lowest BCUT2D eigenvalue weighted by Gasteiger charge is -2.14. The summed E-state index contributed by atoms with van der Waals surface area (Å²) in [4.78, 5) is 17.1. The number of sulfonamides is 1. The lowest BCUT2D eigenvalue weighted by atomic mass is 10.1. The summed E-state index contributed by atoms with van der Waals surface area (Å²) < 4.78 is 43.9. The second kappa shape index (κ2) is 10.8. The van der Waals surface area contributed by atoms with Crippen molar-refractivity contribution in [3.8, 4) is 11.6 Å². The largest absolute Gasteiger partial charge is 0.497 e. The van der Waals surface area contributed by atoms with E-state index in [0.29, 0.717) is 29.3 Å². The van der Waals surface area contributed by atoms with E-state index in [2.05, 4.69) is 15.0 Å². The molecule has 0 unspecified atom stereocenters. The van der Waals surface area contributed by atoms with Crippen LogP contribution in [0.3, 0.4) is 0 Å². The number of aryl methyl sites for hydroxylation is 1. The van der Waals surface area contributed by atoms with Crippen molar-refractivity contribution in [3.05, 3.63) is 71.9 Å². The van der Waals surface area contributed by atoms with Crippen molar-refractivity contribution in [1.29, 1.82) is 0 Å². The Labute approximate surface area is 192 Å². The molecule has 3 rings (SSSR count). The Morgan fingerprint density at radius 2 is 1.79 bits per heavy atom. The van der Waals surface area contributed by atoms with Crippen LogP contribution in [0.5, 0.6) is 11.6 Å². The highest BCUT2D eigenvalue weighted by Crippen LogP contribution is 2.24. The number of rotatable bonds is 10. The molecule has 3 aromatic rings. The maximum atomic E-state index is 13.0. The predicted molar refractivity (Wildman–Crippen MR) is 125 cm³/mol. The maximum absolute atomic E-state index is 13.0. The lowest BCUT2D eigenvalue weighted by molar-refractivity contribution is 0.102. The zero-order valence-electron chi connectivity index (χ0n) is 18.5. The first-order valence-electron chi connectivity index (χ1n) is 9.99. The van der Waals surface area contributed by atoms with Gasteiger partial charge in [-0.2, -0.15) is 0 Å². The van der Waals surface area contributed by atoms with Crippen LogP contribution in [-0.4, -0.2) is 46.7 Å². The summed E-state index contributed by atoms with van der Waals surface area (Å²) in [6.45, 7) is 2.35. The van der Waals surface area contributed by atoms with Crippen molar-refractivity contribution in [2.24, 2.45) is 0 Å². The molecule has 174 valence electrons. The number of carbonyl (C=O) groups is 1. The molecule has 0 aliphatic carbocycles. The van der Waals surface area contributed by atoms with E-state index in [1.807, 2.05) is 0 Å². The summed E-state index contributed by atoms with van der Waals surface area (Å²) in [5, 5.41) is 2.74. The number of pyridine rings is 1. The van der Waals surface area contributed by atoms with Crippen LogP contribution in [0.1, 0.15) is 15.9 Å². The van der Waals surface area contributed by atoms with Gasteiger partial charge in [-0.25, -0.2) is 13.4 Å². The molecule has 1 amide bonds. The van der Waals surface area contributed by atoms with Gasteiger partial charge in [0.05, 0.1) is 18.6 Å². The highest BCUT2D eigenvalue weighted by atomic mass is 32.2. The molecule has 0 saturated carbocycles. The van der Waals surface area contributed by atoms with Gasteiger partial charge in [0.1, 0.15) is 18.0 Å². The molecule has 0 radical (unpaired) electrons. The zero-order valence-corrected chi connectivity index (χ0v) is 19.3. The lowest BCUT2D eigenvalue weighted by Crippen LogP contribution is -2.18. The van der Waals surface area contributed by atoms with Crippen molar-refractivity contribution >= 4 is 27.3 Å². The molecule has 0 aliphatic heterocycles. The second-order valence-electron chi connectivity index (χ2n) is 6.96. The van der Waals surface area contributed by atoms with Crippen LogP contribution < -0.4 is 19.5 Å². The fourth-order valence-corrected chi connectivity index (χ4v) is 3.98. The number of anilines is 2. The fraction of sp³-hybridized carbons (Fsp3) is 0.217. The van der Waals surface area contributed by atoms with Gasteiger partial charge in [0.25, 0.3) is 15.9 Å². The Kier molecular flexibility index (Phi) is 7.86. The molecule has 2 N–H and O–H groups in total. The number of nitrogens with zero attached hydrogens (tertiary/aromatic N) is 1. The number of methoxy groups -OCH3 is 2. The van der Waals surface area contributed by atoms with Crippen molar-refractivity contribution in [2.75, 3.05) is 37.5 Å². The van der Waals surface area contributed by atoms with Gasteiger partial charge in [-0.15, -0.1) is 0 Å². The summed E-state index contributed by atoms with van der Waals surface area (Å²) >= 11 is 0. The third kappa shape index (κ3) is 6.21. The van der Waals surface area contributed by atoms with E-state index in [0.717, 1.165) is 0 Å². The summed E-state index contributed by atoms with van der Waals surface area (Å²) in [5.41, 5.74) is 1.55. The first-order valence-corrected chi connectivity index (χ1v) is 11.5. The van der Waals surface area contributed by atoms with E-state index in [1.54, 1.807) is 62.7 Å². The van der Waals surface area contributed by atoms with Crippen LogP contribution in [0, 0.1) is 6.92 Å². The number of benzene rings is 2. The highest BCUT2D eigenvalue weighted by molar-refractivity contribution is 7.92. The smallest absolute Gasteiger partial charge is 0.261 e. The normalized spacial score (nSPS) is 11.0. The number of aromatic nitrogens is 1. The van der Waals surface area contributed by atoms with Gasteiger partial charge >= 0.3 is 0 Å². The Morgan fingerprint density at radius 3 is 2.48 bits per heavy atom. The van der Waals surface area contributed by atoms with E-state index in [9.17, 15) is 13.2 Å². The number of amides is 1. The molecule has 33 heavy (non-hydrogen) atoms. The Bertz CT molecular complexity index is 1210. The van der Waals surface area contributed by atoms with E-state index in [-0.39, 0.29) is 22.9 Å². The molecule has 10 heteroatoms. The zero-order chi connectivity index (χ0) is 23.8. The van der Waals surface area contributed by atoms with Crippen molar-refractivity contribution < 1.29 is 27.4 Å². The number of hydrogen-bond acceptors (Lipinski definition) is 7. The minimum atomic E-state index is -3.92. The first-order chi connectivity index (χ1) is 15.8.